The van der Waals surface area contributed by atoms with E-state index in [1.165, 1.54) is 67.7 Å². The van der Waals surface area contributed by atoms with Gasteiger partial charge in [-0.25, -0.2) is 0 Å². The van der Waals surface area contributed by atoms with E-state index in [-0.39, 0.29) is 0 Å². The summed E-state index contributed by atoms with van der Waals surface area (Å²) in [5, 5.41) is 10.0. The molecule has 0 N–H and O–H groups in total. The molecule has 0 aliphatic carbocycles. The van der Waals surface area contributed by atoms with Crippen molar-refractivity contribution >= 4 is 107 Å². The van der Waals surface area contributed by atoms with Crippen LogP contribution in [-0.4, -0.2) is 4.57 Å². The maximum absolute atomic E-state index is 6.71. The Kier molecular flexibility index (Phi) is 4.90. The molecule has 0 saturated carbocycles. The lowest BCUT2D eigenvalue weighted by Crippen LogP contribution is -1.93. The third-order valence-electron chi connectivity index (χ3n) is 9.60. The van der Waals surface area contributed by atoms with Crippen LogP contribution >= 0.6 is 22.7 Å². The topological polar surface area (TPSA) is 18.1 Å². The largest absolute Gasteiger partial charge is 0.455 e. The Hall–Kier alpha value is -5.42. The average molecular weight is 622 g/mol. The molecule has 0 radical (unpaired) electrons. The van der Waals surface area contributed by atoms with Gasteiger partial charge in [0.25, 0.3) is 0 Å². The van der Waals surface area contributed by atoms with Crippen LogP contribution in [0.15, 0.2) is 144 Å². The van der Waals surface area contributed by atoms with Gasteiger partial charge in [0.05, 0.1) is 11.0 Å². The summed E-state index contributed by atoms with van der Waals surface area (Å²) in [5.74, 6) is 0. The van der Waals surface area contributed by atoms with Gasteiger partial charge in [0, 0.05) is 73.1 Å². The summed E-state index contributed by atoms with van der Waals surface area (Å²) in [7, 11) is 0. The fraction of sp³-hybridized carbons (Fsp3) is 0. The van der Waals surface area contributed by atoms with Crippen molar-refractivity contribution in [1.82, 2.24) is 4.57 Å². The zero-order valence-electron chi connectivity index (χ0n) is 24.5. The minimum atomic E-state index is 0.903. The monoisotopic (exact) mass is 621 g/mol. The van der Waals surface area contributed by atoms with Crippen LogP contribution in [0.3, 0.4) is 0 Å². The molecule has 11 rings (SSSR count). The third-order valence-corrected chi connectivity index (χ3v) is 11.9. The molecule has 0 amide bonds. The van der Waals surface area contributed by atoms with E-state index in [2.05, 4.69) is 144 Å². The lowest BCUT2D eigenvalue weighted by atomic mass is 9.97. The van der Waals surface area contributed by atoms with Gasteiger partial charge in [-0.2, -0.15) is 0 Å². The number of para-hydroxylation sites is 2. The fourth-order valence-corrected chi connectivity index (χ4v) is 9.86. The number of thiophene rings is 2. The third kappa shape index (κ3) is 3.30. The minimum absolute atomic E-state index is 0.903. The molecule has 0 unspecified atom stereocenters. The molecule has 0 aliphatic rings. The van der Waals surface area contributed by atoms with Crippen LogP contribution in [0.5, 0.6) is 0 Å². The normalized spacial score (nSPS) is 12.3. The number of rotatable bonds is 2. The minimum Gasteiger partial charge on any atom is -0.455 e. The molecule has 7 aromatic carbocycles. The first-order chi connectivity index (χ1) is 22.8. The number of benzene rings is 7. The number of nitrogens with zero attached hydrogens (tertiary/aromatic N) is 1. The Bertz CT molecular complexity index is 3040. The van der Waals surface area contributed by atoms with Gasteiger partial charge in [0.1, 0.15) is 11.2 Å². The first-order valence-electron chi connectivity index (χ1n) is 15.5. The van der Waals surface area contributed by atoms with Crippen molar-refractivity contribution in [3.8, 4) is 16.8 Å². The number of hydrogen-bond acceptors (Lipinski definition) is 3. The van der Waals surface area contributed by atoms with Crippen LogP contribution in [0.4, 0.5) is 0 Å². The lowest BCUT2D eigenvalue weighted by Gasteiger charge is -2.08. The van der Waals surface area contributed by atoms with E-state index >= 15 is 0 Å². The van der Waals surface area contributed by atoms with Crippen molar-refractivity contribution in [2.45, 2.75) is 0 Å². The van der Waals surface area contributed by atoms with Gasteiger partial charge in [-0.1, -0.05) is 84.9 Å². The molecule has 4 heterocycles. The summed E-state index contributed by atoms with van der Waals surface area (Å²) >= 11 is 3.73. The maximum atomic E-state index is 6.71. The van der Waals surface area contributed by atoms with E-state index in [0.717, 1.165) is 33.2 Å². The molecule has 0 atom stereocenters. The highest BCUT2D eigenvalue weighted by atomic mass is 32.1. The molecule has 2 nitrogen and oxygen atoms in total. The average Bonchev–Trinajstić information content (AvgIpc) is 3.85. The van der Waals surface area contributed by atoms with Crippen molar-refractivity contribution in [1.29, 1.82) is 0 Å². The second kappa shape index (κ2) is 9.07. The second-order valence-electron chi connectivity index (χ2n) is 12.1. The summed E-state index contributed by atoms with van der Waals surface area (Å²) < 4.78 is 14.4. The summed E-state index contributed by atoms with van der Waals surface area (Å²) in [5.41, 5.74) is 7.76. The van der Waals surface area contributed by atoms with Crippen molar-refractivity contribution in [2.75, 3.05) is 0 Å². The predicted molar refractivity (Wildman–Crippen MR) is 199 cm³/mol. The molecule has 0 fully saturated rings. The molecule has 0 bridgehead atoms. The van der Waals surface area contributed by atoms with Crippen molar-refractivity contribution in [3.63, 3.8) is 0 Å². The first kappa shape index (κ1) is 24.8. The van der Waals surface area contributed by atoms with Crippen molar-refractivity contribution < 1.29 is 4.42 Å². The zero-order chi connectivity index (χ0) is 29.9. The second-order valence-corrected chi connectivity index (χ2v) is 14.2. The molecule has 11 aromatic rings. The summed E-state index contributed by atoms with van der Waals surface area (Å²) in [4.78, 5) is 0. The number of hydrogen-bond donors (Lipinski definition) is 0. The molecule has 0 aliphatic heterocycles. The highest BCUT2D eigenvalue weighted by molar-refractivity contribution is 7.26. The molecule has 0 spiro atoms. The van der Waals surface area contributed by atoms with E-state index < -0.39 is 0 Å². The molecule has 0 saturated heterocycles. The van der Waals surface area contributed by atoms with Gasteiger partial charge in [0.2, 0.25) is 0 Å². The number of furan rings is 1. The quantitative estimate of drug-likeness (QED) is 0.188. The summed E-state index contributed by atoms with van der Waals surface area (Å²) in [6.45, 7) is 0. The fourth-order valence-electron chi connectivity index (χ4n) is 7.60. The highest BCUT2D eigenvalue weighted by Gasteiger charge is 2.19. The standard InChI is InChI=1S/C42H23NOS2/c1-4-15-34-25(9-1)31-23-40-33(26-10-2-5-16-37(26)46-40)22-35(31)43(34)24-19-20-36-32(21-24)29-14-7-13-28(42(29)44-36)27-12-8-18-39-41(27)30-11-3-6-17-38(30)45-39/h1-23H. The Morgan fingerprint density at radius 2 is 1.11 bits per heavy atom. The van der Waals surface area contributed by atoms with Gasteiger partial charge in [-0.15, -0.1) is 22.7 Å². The summed E-state index contributed by atoms with van der Waals surface area (Å²) in [6, 6.07) is 50.9. The van der Waals surface area contributed by atoms with Crippen LogP contribution in [0.1, 0.15) is 0 Å². The van der Waals surface area contributed by atoms with Crippen LogP contribution in [-0.2, 0) is 0 Å². The van der Waals surface area contributed by atoms with Crippen LogP contribution < -0.4 is 0 Å². The van der Waals surface area contributed by atoms with E-state index in [1.54, 1.807) is 0 Å². The van der Waals surface area contributed by atoms with E-state index in [0.29, 0.717) is 0 Å². The van der Waals surface area contributed by atoms with Crippen molar-refractivity contribution in [3.05, 3.63) is 140 Å². The van der Waals surface area contributed by atoms with Gasteiger partial charge in [-0.05, 0) is 60.2 Å². The molecule has 214 valence electrons. The van der Waals surface area contributed by atoms with Gasteiger partial charge < -0.3 is 8.98 Å². The molecule has 46 heavy (non-hydrogen) atoms. The zero-order valence-corrected chi connectivity index (χ0v) is 26.1. The van der Waals surface area contributed by atoms with Gasteiger partial charge >= 0.3 is 0 Å². The maximum Gasteiger partial charge on any atom is 0.143 e. The van der Waals surface area contributed by atoms with Crippen LogP contribution in [0, 0.1) is 0 Å². The van der Waals surface area contributed by atoms with Gasteiger partial charge in [0.15, 0.2) is 0 Å². The number of fused-ring (bicyclic) bond motifs is 12. The first-order valence-corrected chi connectivity index (χ1v) is 17.1. The Balaban J connectivity index is 1.18. The Labute approximate surface area is 270 Å². The van der Waals surface area contributed by atoms with Crippen LogP contribution in [0.2, 0.25) is 0 Å². The molecular weight excluding hydrogens is 599 g/mol. The van der Waals surface area contributed by atoms with E-state index in [4.69, 9.17) is 4.42 Å². The smallest absolute Gasteiger partial charge is 0.143 e. The van der Waals surface area contributed by atoms with Gasteiger partial charge in [-0.3, -0.25) is 0 Å². The molecular formula is C42H23NOS2. The molecule has 4 aromatic heterocycles. The Morgan fingerprint density at radius 1 is 0.413 bits per heavy atom. The highest BCUT2D eigenvalue weighted by Crippen LogP contribution is 2.45. The number of aromatic nitrogens is 1. The Morgan fingerprint density at radius 3 is 2.02 bits per heavy atom. The lowest BCUT2D eigenvalue weighted by molar-refractivity contribution is 0.670. The molecule has 4 heteroatoms. The van der Waals surface area contributed by atoms with Crippen LogP contribution in [0.25, 0.3) is 101 Å². The predicted octanol–water partition coefficient (Wildman–Crippen LogP) is 13.1. The van der Waals surface area contributed by atoms with Crippen molar-refractivity contribution in [2.24, 2.45) is 0 Å². The van der Waals surface area contributed by atoms with E-state index in [1.807, 2.05) is 22.7 Å². The SMILES string of the molecule is c1ccc2c(c1)sc1cc3c4ccccc4n(-c4ccc5oc6c(-c7cccc8sc9ccccc9c78)cccc6c5c4)c3cc12. The summed E-state index contributed by atoms with van der Waals surface area (Å²) in [6.07, 6.45) is 0. The van der Waals surface area contributed by atoms with E-state index in [9.17, 15) is 0 Å².